The molecule has 14 heavy (non-hydrogen) atoms. The zero-order valence-electron chi connectivity index (χ0n) is 8.11. The van der Waals surface area contributed by atoms with Crippen LogP contribution in [0.4, 0.5) is 0 Å². The quantitative estimate of drug-likeness (QED) is 0.721. The molecule has 0 aromatic heterocycles. The van der Waals surface area contributed by atoms with Crippen molar-refractivity contribution in [1.82, 2.24) is 5.32 Å². The van der Waals surface area contributed by atoms with Crippen LogP contribution in [0.5, 0.6) is 0 Å². The van der Waals surface area contributed by atoms with Crippen molar-refractivity contribution in [2.45, 2.75) is 19.3 Å². The molecule has 1 N–H and O–H groups in total. The third kappa shape index (κ3) is 1.77. The smallest absolute Gasteiger partial charge is 0.0630 e. The van der Waals surface area contributed by atoms with Crippen LogP contribution in [0.2, 0.25) is 10.0 Å². The lowest BCUT2D eigenvalue weighted by molar-refractivity contribution is 0.644. The molecular formula is C11H13Cl2N. The second kappa shape index (κ2) is 4.09. The van der Waals surface area contributed by atoms with Gasteiger partial charge in [0.05, 0.1) is 10.0 Å². The van der Waals surface area contributed by atoms with Crippen molar-refractivity contribution in [3.8, 4) is 0 Å². The molecule has 76 valence electrons. The van der Waals surface area contributed by atoms with Crippen LogP contribution in [-0.2, 0) is 6.42 Å². The molecule has 1 heterocycles. The molecule has 3 heteroatoms. The minimum absolute atomic E-state index is 0.443. The van der Waals surface area contributed by atoms with Gasteiger partial charge >= 0.3 is 0 Å². The second-order valence-electron chi connectivity index (χ2n) is 3.79. The second-order valence-corrected chi connectivity index (χ2v) is 4.57. The Morgan fingerprint density at radius 2 is 2.14 bits per heavy atom. The van der Waals surface area contributed by atoms with Crippen LogP contribution < -0.4 is 5.32 Å². The molecule has 0 saturated heterocycles. The highest BCUT2D eigenvalue weighted by Gasteiger charge is 2.18. The van der Waals surface area contributed by atoms with Crippen molar-refractivity contribution in [3.05, 3.63) is 33.3 Å². The van der Waals surface area contributed by atoms with E-state index in [-0.39, 0.29) is 0 Å². The van der Waals surface area contributed by atoms with Gasteiger partial charge in [-0.05, 0) is 36.1 Å². The monoisotopic (exact) mass is 229 g/mol. The van der Waals surface area contributed by atoms with Gasteiger partial charge in [-0.2, -0.15) is 0 Å². The van der Waals surface area contributed by atoms with E-state index in [9.17, 15) is 0 Å². The summed E-state index contributed by atoms with van der Waals surface area (Å²) in [6.45, 7) is 4.18. The number of hydrogen-bond acceptors (Lipinski definition) is 1. The van der Waals surface area contributed by atoms with Crippen LogP contribution in [0.25, 0.3) is 0 Å². The Bertz CT molecular complexity index is 349. The first kappa shape index (κ1) is 10.3. The largest absolute Gasteiger partial charge is 0.316 e. The van der Waals surface area contributed by atoms with Gasteiger partial charge in [-0.25, -0.2) is 0 Å². The average molecular weight is 230 g/mol. The molecule has 0 saturated carbocycles. The fourth-order valence-electron chi connectivity index (χ4n) is 2.00. The number of hydrogen-bond donors (Lipinski definition) is 1. The van der Waals surface area contributed by atoms with Gasteiger partial charge in [0, 0.05) is 6.54 Å². The molecule has 1 nitrogen and oxygen atoms in total. The summed E-state index contributed by atoms with van der Waals surface area (Å²) in [5, 5.41) is 4.79. The van der Waals surface area contributed by atoms with E-state index in [1.807, 2.05) is 6.07 Å². The standard InChI is InChI=1S/C11H13Cl2N/c1-7-6-14-5-4-8-2-3-9(12)11(13)10(7)8/h2-3,7,14H,4-6H2,1H3/t7-/m0/s1. The number of benzene rings is 1. The van der Waals surface area contributed by atoms with Gasteiger partial charge in [0.15, 0.2) is 0 Å². The third-order valence-electron chi connectivity index (χ3n) is 2.74. The normalized spacial score (nSPS) is 21.5. The summed E-state index contributed by atoms with van der Waals surface area (Å²) < 4.78 is 0. The summed E-state index contributed by atoms with van der Waals surface area (Å²) in [6, 6.07) is 3.98. The molecule has 0 bridgehead atoms. The fourth-order valence-corrected chi connectivity index (χ4v) is 2.54. The Morgan fingerprint density at radius 3 is 2.93 bits per heavy atom. The number of fused-ring (bicyclic) bond motifs is 1. The van der Waals surface area contributed by atoms with Crippen LogP contribution in [0.15, 0.2) is 12.1 Å². The van der Waals surface area contributed by atoms with Crippen molar-refractivity contribution < 1.29 is 0 Å². The van der Waals surface area contributed by atoms with Crippen LogP contribution >= 0.6 is 23.2 Å². The molecule has 2 rings (SSSR count). The summed E-state index contributed by atoms with van der Waals surface area (Å²) in [5.41, 5.74) is 2.56. The summed E-state index contributed by atoms with van der Waals surface area (Å²) in [5.74, 6) is 0.443. The van der Waals surface area contributed by atoms with Crippen LogP contribution in [0.3, 0.4) is 0 Å². The Labute approximate surface area is 94.4 Å². The molecular weight excluding hydrogens is 217 g/mol. The topological polar surface area (TPSA) is 12.0 Å². The Kier molecular flexibility index (Phi) is 3.01. The first-order valence-corrected chi connectivity index (χ1v) is 5.63. The zero-order valence-corrected chi connectivity index (χ0v) is 9.62. The van der Waals surface area contributed by atoms with Crippen molar-refractivity contribution in [1.29, 1.82) is 0 Å². The maximum atomic E-state index is 6.22. The highest BCUT2D eigenvalue weighted by atomic mass is 35.5. The summed E-state index contributed by atoms with van der Waals surface area (Å²) in [6.07, 6.45) is 1.04. The van der Waals surface area contributed by atoms with Crippen molar-refractivity contribution in [3.63, 3.8) is 0 Å². The fraction of sp³-hybridized carbons (Fsp3) is 0.455. The van der Waals surface area contributed by atoms with Gasteiger partial charge in [0.2, 0.25) is 0 Å². The lowest BCUT2D eigenvalue weighted by Crippen LogP contribution is -2.18. The maximum absolute atomic E-state index is 6.22. The average Bonchev–Trinajstić information content (AvgIpc) is 2.35. The first-order chi connectivity index (χ1) is 6.70. The predicted octanol–water partition coefficient (Wildman–Crippen LogP) is 3.24. The van der Waals surface area contributed by atoms with E-state index in [0.29, 0.717) is 10.9 Å². The van der Waals surface area contributed by atoms with Gasteiger partial charge in [-0.1, -0.05) is 36.2 Å². The van der Waals surface area contributed by atoms with Gasteiger partial charge in [0.1, 0.15) is 0 Å². The number of rotatable bonds is 0. The van der Waals surface area contributed by atoms with E-state index >= 15 is 0 Å². The van der Waals surface area contributed by atoms with Gasteiger partial charge < -0.3 is 5.32 Å². The van der Waals surface area contributed by atoms with Crippen LogP contribution in [0.1, 0.15) is 24.0 Å². The SMILES string of the molecule is C[C@H]1CNCCc2ccc(Cl)c(Cl)c21. The lowest BCUT2D eigenvalue weighted by atomic mass is 9.95. The van der Waals surface area contributed by atoms with Crippen molar-refractivity contribution in [2.24, 2.45) is 0 Å². The summed E-state index contributed by atoms with van der Waals surface area (Å²) >= 11 is 12.2. The number of halogens is 2. The molecule has 1 aliphatic heterocycles. The molecule has 0 unspecified atom stereocenters. The van der Waals surface area contributed by atoms with Gasteiger partial charge in [0.25, 0.3) is 0 Å². The highest BCUT2D eigenvalue weighted by Crippen LogP contribution is 2.34. The summed E-state index contributed by atoms with van der Waals surface area (Å²) in [4.78, 5) is 0. The van der Waals surface area contributed by atoms with E-state index in [1.54, 1.807) is 0 Å². The summed E-state index contributed by atoms with van der Waals surface area (Å²) in [7, 11) is 0. The van der Waals surface area contributed by atoms with Crippen LogP contribution in [-0.4, -0.2) is 13.1 Å². The van der Waals surface area contributed by atoms with Gasteiger partial charge in [-0.15, -0.1) is 0 Å². The lowest BCUT2D eigenvalue weighted by Gasteiger charge is -2.14. The Balaban J connectivity index is 2.54. The van der Waals surface area contributed by atoms with E-state index in [2.05, 4.69) is 18.3 Å². The van der Waals surface area contributed by atoms with E-state index in [0.717, 1.165) is 24.5 Å². The van der Waals surface area contributed by atoms with Gasteiger partial charge in [-0.3, -0.25) is 0 Å². The van der Waals surface area contributed by atoms with Crippen molar-refractivity contribution >= 4 is 23.2 Å². The predicted molar refractivity (Wildman–Crippen MR) is 61.5 cm³/mol. The first-order valence-electron chi connectivity index (χ1n) is 4.87. The molecule has 0 amide bonds. The highest BCUT2D eigenvalue weighted by molar-refractivity contribution is 6.42. The minimum atomic E-state index is 0.443. The van der Waals surface area contributed by atoms with Crippen molar-refractivity contribution in [2.75, 3.05) is 13.1 Å². The van der Waals surface area contributed by atoms with E-state index in [4.69, 9.17) is 23.2 Å². The Hall–Kier alpha value is -0.240. The zero-order chi connectivity index (χ0) is 10.1. The minimum Gasteiger partial charge on any atom is -0.316 e. The maximum Gasteiger partial charge on any atom is 0.0630 e. The third-order valence-corrected chi connectivity index (χ3v) is 3.56. The molecule has 0 spiro atoms. The van der Waals surface area contributed by atoms with Crippen LogP contribution in [0, 0.1) is 0 Å². The molecule has 1 aromatic rings. The molecule has 0 fully saturated rings. The number of nitrogens with one attached hydrogen (secondary N) is 1. The molecule has 0 aliphatic carbocycles. The molecule has 1 atom stereocenters. The van der Waals surface area contributed by atoms with E-state index in [1.165, 1.54) is 11.1 Å². The molecule has 0 radical (unpaired) electrons. The molecule has 1 aliphatic rings. The molecule has 1 aromatic carbocycles. The van der Waals surface area contributed by atoms with E-state index < -0.39 is 0 Å². The Morgan fingerprint density at radius 1 is 1.36 bits per heavy atom.